The van der Waals surface area contributed by atoms with Crippen LogP contribution in [-0.2, 0) is 20.8 Å². The molecule has 6 heteroatoms. The Morgan fingerprint density at radius 1 is 1.19 bits per heavy atom. The normalized spacial score (nSPS) is 10.9. The molecule has 118 valence electrons. The second-order valence-electron chi connectivity index (χ2n) is 4.63. The van der Waals surface area contributed by atoms with Crippen molar-refractivity contribution in [1.82, 2.24) is 10.2 Å². The molecule has 0 saturated heterocycles. The quantitative estimate of drug-likeness (QED) is 0.701. The summed E-state index contributed by atoms with van der Waals surface area (Å²) in [5.74, 6) is -0.459. The molecule has 0 aliphatic carbocycles. The lowest BCUT2D eigenvalue weighted by atomic mass is 10.2. The average Bonchev–Trinajstić information content (AvgIpc) is 2.49. The van der Waals surface area contributed by atoms with Gasteiger partial charge in [-0.2, -0.15) is 0 Å². The standard InChI is InChI=1S/C15H23FN2O3/c1-20-9-7-18(8-10-21-2)12-15(19)17-11-13-5-3-4-6-14(13)16/h3-6H,7-12H2,1-2H3,(H,17,19). The lowest BCUT2D eigenvalue weighted by molar-refractivity contribution is -0.122. The Morgan fingerprint density at radius 3 is 2.38 bits per heavy atom. The van der Waals surface area contributed by atoms with Gasteiger partial charge in [0, 0.05) is 39.4 Å². The van der Waals surface area contributed by atoms with Crippen molar-refractivity contribution in [2.24, 2.45) is 0 Å². The van der Waals surface area contributed by atoms with E-state index in [-0.39, 0.29) is 24.8 Å². The van der Waals surface area contributed by atoms with E-state index in [0.29, 0.717) is 31.9 Å². The third-order valence-corrected chi connectivity index (χ3v) is 3.02. The van der Waals surface area contributed by atoms with E-state index in [4.69, 9.17) is 9.47 Å². The highest BCUT2D eigenvalue weighted by Crippen LogP contribution is 2.05. The molecular weight excluding hydrogens is 275 g/mol. The molecule has 0 fully saturated rings. The molecule has 1 amide bonds. The van der Waals surface area contributed by atoms with Gasteiger partial charge >= 0.3 is 0 Å². The Morgan fingerprint density at radius 2 is 1.81 bits per heavy atom. The summed E-state index contributed by atoms with van der Waals surface area (Å²) in [5.41, 5.74) is 0.478. The van der Waals surface area contributed by atoms with Crippen LogP contribution in [0.1, 0.15) is 5.56 Å². The van der Waals surface area contributed by atoms with Gasteiger partial charge in [-0.1, -0.05) is 18.2 Å². The van der Waals surface area contributed by atoms with Crippen LogP contribution >= 0.6 is 0 Å². The van der Waals surface area contributed by atoms with Crippen molar-refractivity contribution >= 4 is 5.91 Å². The number of carbonyl (C=O) groups is 1. The Balaban J connectivity index is 2.40. The summed E-state index contributed by atoms with van der Waals surface area (Å²) in [5, 5.41) is 2.72. The number of nitrogens with one attached hydrogen (secondary N) is 1. The largest absolute Gasteiger partial charge is 0.383 e. The number of amides is 1. The zero-order valence-electron chi connectivity index (χ0n) is 12.6. The zero-order chi connectivity index (χ0) is 15.5. The number of nitrogens with zero attached hydrogens (tertiary/aromatic N) is 1. The molecule has 1 N–H and O–H groups in total. The number of ether oxygens (including phenoxy) is 2. The topological polar surface area (TPSA) is 50.8 Å². The van der Waals surface area contributed by atoms with Crippen LogP contribution in [0.15, 0.2) is 24.3 Å². The number of hydrogen-bond donors (Lipinski definition) is 1. The third-order valence-electron chi connectivity index (χ3n) is 3.02. The molecular formula is C15H23FN2O3. The molecule has 0 saturated carbocycles. The molecule has 5 nitrogen and oxygen atoms in total. The van der Waals surface area contributed by atoms with Gasteiger partial charge in [-0.25, -0.2) is 4.39 Å². The van der Waals surface area contributed by atoms with Crippen molar-refractivity contribution in [1.29, 1.82) is 0 Å². The molecule has 0 heterocycles. The molecule has 0 spiro atoms. The maximum absolute atomic E-state index is 13.4. The van der Waals surface area contributed by atoms with Crippen molar-refractivity contribution in [2.75, 3.05) is 47.1 Å². The van der Waals surface area contributed by atoms with Crippen molar-refractivity contribution in [3.8, 4) is 0 Å². The second-order valence-corrected chi connectivity index (χ2v) is 4.63. The van der Waals surface area contributed by atoms with E-state index in [9.17, 15) is 9.18 Å². The van der Waals surface area contributed by atoms with Crippen LogP contribution in [0.2, 0.25) is 0 Å². The highest BCUT2D eigenvalue weighted by atomic mass is 19.1. The first-order valence-corrected chi connectivity index (χ1v) is 6.87. The number of carbonyl (C=O) groups excluding carboxylic acids is 1. The summed E-state index contributed by atoms with van der Waals surface area (Å²) in [6.45, 7) is 2.81. The molecule has 0 bridgehead atoms. The van der Waals surface area contributed by atoms with Crippen LogP contribution < -0.4 is 5.32 Å². The fraction of sp³-hybridized carbons (Fsp3) is 0.533. The van der Waals surface area contributed by atoms with Gasteiger partial charge in [0.2, 0.25) is 5.91 Å². The lowest BCUT2D eigenvalue weighted by Crippen LogP contribution is -2.40. The number of methoxy groups -OCH3 is 2. The molecule has 0 aliphatic rings. The number of rotatable bonds is 10. The smallest absolute Gasteiger partial charge is 0.234 e. The van der Waals surface area contributed by atoms with Crippen molar-refractivity contribution < 1.29 is 18.7 Å². The van der Waals surface area contributed by atoms with Crippen LogP contribution in [0, 0.1) is 5.82 Å². The van der Waals surface area contributed by atoms with Crippen LogP contribution in [0.5, 0.6) is 0 Å². The summed E-state index contributed by atoms with van der Waals surface area (Å²) >= 11 is 0. The highest BCUT2D eigenvalue weighted by molar-refractivity contribution is 5.78. The molecule has 0 atom stereocenters. The molecule has 0 radical (unpaired) electrons. The van der Waals surface area contributed by atoms with E-state index in [1.165, 1.54) is 6.07 Å². The van der Waals surface area contributed by atoms with Crippen molar-refractivity contribution in [3.63, 3.8) is 0 Å². The van der Waals surface area contributed by atoms with Crippen LogP contribution in [0.25, 0.3) is 0 Å². The van der Waals surface area contributed by atoms with Gasteiger partial charge in [0.05, 0.1) is 19.8 Å². The SMILES string of the molecule is COCCN(CCOC)CC(=O)NCc1ccccc1F. The summed E-state index contributed by atoms with van der Waals surface area (Å²) in [4.78, 5) is 13.8. The summed E-state index contributed by atoms with van der Waals surface area (Å²) in [6, 6.07) is 6.40. The van der Waals surface area contributed by atoms with E-state index in [1.54, 1.807) is 32.4 Å². The number of hydrogen-bond acceptors (Lipinski definition) is 4. The fourth-order valence-electron chi connectivity index (χ4n) is 1.81. The van der Waals surface area contributed by atoms with Crippen molar-refractivity contribution in [3.05, 3.63) is 35.6 Å². The predicted octanol–water partition coefficient (Wildman–Crippen LogP) is 1.04. The maximum atomic E-state index is 13.4. The van der Waals surface area contributed by atoms with Gasteiger partial charge in [0.15, 0.2) is 0 Å². The summed E-state index contributed by atoms with van der Waals surface area (Å²) < 4.78 is 23.5. The first-order valence-electron chi connectivity index (χ1n) is 6.87. The van der Waals surface area contributed by atoms with Crippen LogP contribution in [0.4, 0.5) is 4.39 Å². The minimum Gasteiger partial charge on any atom is -0.383 e. The first-order chi connectivity index (χ1) is 10.2. The van der Waals surface area contributed by atoms with Crippen LogP contribution in [0.3, 0.4) is 0 Å². The third kappa shape index (κ3) is 7.17. The summed E-state index contributed by atoms with van der Waals surface area (Å²) in [6.07, 6.45) is 0. The van der Waals surface area contributed by atoms with Gasteiger partial charge in [-0.05, 0) is 6.07 Å². The molecule has 0 aromatic heterocycles. The zero-order valence-corrected chi connectivity index (χ0v) is 12.6. The van der Waals surface area contributed by atoms with Gasteiger partial charge in [0.25, 0.3) is 0 Å². The van der Waals surface area contributed by atoms with E-state index in [0.717, 1.165) is 0 Å². The first kappa shape index (κ1) is 17.6. The summed E-state index contributed by atoms with van der Waals surface area (Å²) in [7, 11) is 3.24. The van der Waals surface area contributed by atoms with E-state index >= 15 is 0 Å². The molecule has 1 aromatic carbocycles. The van der Waals surface area contributed by atoms with E-state index in [2.05, 4.69) is 5.32 Å². The monoisotopic (exact) mass is 298 g/mol. The Kier molecular flexibility index (Phi) is 8.57. The number of benzene rings is 1. The van der Waals surface area contributed by atoms with Gasteiger partial charge < -0.3 is 14.8 Å². The molecule has 1 rings (SSSR count). The Bertz CT molecular complexity index is 421. The Labute approximate surface area is 125 Å². The maximum Gasteiger partial charge on any atom is 0.234 e. The van der Waals surface area contributed by atoms with Crippen LogP contribution in [-0.4, -0.2) is 57.9 Å². The predicted molar refractivity (Wildman–Crippen MR) is 78.4 cm³/mol. The van der Waals surface area contributed by atoms with Gasteiger partial charge in [-0.3, -0.25) is 9.69 Å². The lowest BCUT2D eigenvalue weighted by Gasteiger charge is -2.21. The highest BCUT2D eigenvalue weighted by Gasteiger charge is 2.11. The average molecular weight is 298 g/mol. The molecule has 0 aliphatic heterocycles. The van der Waals surface area contributed by atoms with E-state index < -0.39 is 0 Å². The minimum atomic E-state index is -0.312. The minimum absolute atomic E-state index is 0.148. The second kappa shape index (κ2) is 10.3. The molecule has 0 unspecified atom stereocenters. The fourth-order valence-corrected chi connectivity index (χ4v) is 1.81. The molecule has 1 aromatic rings. The van der Waals surface area contributed by atoms with Crippen molar-refractivity contribution in [2.45, 2.75) is 6.54 Å². The molecule has 21 heavy (non-hydrogen) atoms. The van der Waals surface area contributed by atoms with Gasteiger partial charge in [0.1, 0.15) is 5.82 Å². The Hall–Kier alpha value is -1.50. The number of halogens is 1. The van der Waals surface area contributed by atoms with Gasteiger partial charge in [-0.15, -0.1) is 0 Å². The van der Waals surface area contributed by atoms with E-state index in [1.807, 2.05) is 4.90 Å².